The van der Waals surface area contributed by atoms with Crippen LogP contribution in [0, 0.1) is 0 Å². The zero-order chi connectivity index (χ0) is 11.5. The van der Waals surface area contributed by atoms with Crippen LogP contribution in [0.3, 0.4) is 0 Å². The van der Waals surface area contributed by atoms with Crippen molar-refractivity contribution in [1.82, 2.24) is 0 Å². The predicted octanol–water partition coefficient (Wildman–Crippen LogP) is 2.53. The van der Waals surface area contributed by atoms with Crippen molar-refractivity contribution in [2.24, 2.45) is 5.11 Å². The molecule has 5 heteroatoms. The Kier molecular flexibility index (Phi) is 2.79. The molecule has 0 heterocycles. The zero-order valence-electron chi connectivity index (χ0n) is 8.83. The maximum Gasteiger partial charge on any atom is 0.302 e. The molecule has 0 amide bonds. The Morgan fingerprint density at radius 2 is 2.31 bits per heavy atom. The summed E-state index contributed by atoms with van der Waals surface area (Å²) < 4.78 is 5.16. The molecule has 0 aromatic heterocycles. The van der Waals surface area contributed by atoms with Crippen LogP contribution in [0.4, 0.5) is 0 Å². The van der Waals surface area contributed by atoms with Crippen LogP contribution in [-0.2, 0) is 16.0 Å². The summed E-state index contributed by atoms with van der Waals surface area (Å²) in [4.78, 5) is 13.8. The van der Waals surface area contributed by atoms with Gasteiger partial charge in [0.25, 0.3) is 0 Å². The van der Waals surface area contributed by atoms with Gasteiger partial charge in [-0.25, -0.2) is 0 Å². The summed E-state index contributed by atoms with van der Waals surface area (Å²) in [6, 6.07) is 7.26. The zero-order valence-corrected chi connectivity index (χ0v) is 8.83. The molecule has 0 saturated heterocycles. The summed E-state index contributed by atoms with van der Waals surface area (Å²) in [6.45, 7) is 1.36. The van der Waals surface area contributed by atoms with Gasteiger partial charge in [-0.1, -0.05) is 29.4 Å². The Hall–Kier alpha value is -2.00. The van der Waals surface area contributed by atoms with E-state index in [-0.39, 0.29) is 12.1 Å². The summed E-state index contributed by atoms with van der Waals surface area (Å²) in [7, 11) is 0. The van der Waals surface area contributed by atoms with Gasteiger partial charge >= 0.3 is 5.97 Å². The number of hydrogen-bond donors (Lipinski definition) is 0. The second kappa shape index (κ2) is 4.24. The molecule has 0 unspecified atom stereocenters. The lowest BCUT2D eigenvalue weighted by Gasteiger charge is -2.15. The first-order chi connectivity index (χ1) is 7.72. The number of azide groups is 1. The predicted molar refractivity (Wildman–Crippen MR) is 57.6 cm³/mol. The first kappa shape index (κ1) is 10.5. The highest BCUT2D eigenvalue weighted by Crippen LogP contribution is 2.36. The number of rotatable bonds is 2. The van der Waals surface area contributed by atoms with Crippen LogP contribution in [0.5, 0.6) is 0 Å². The third kappa shape index (κ3) is 1.85. The third-order valence-electron chi connectivity index (χ3n) is 2.64. The van der Waals surface area contributed by atoms with Gasteiger partial charge in [-0.2, -0.15) is 0 Å². The van der Waals surface area contributed by atoms with E-state index >= 15 is 0 Å². The highest BCUT2D eigenvalue weighted by Gasteiger charge is 2.33. The van der Waals surface area contributed by atoms with Crippen LogP contribution in [0.25, 0.3) is 10.4 Å². The van der Waals surface area contributed by atoms with Crippen LogP contribution < -0.4 is 0 Å². The number of hydrogen-bond acceptors (Lipinski definition) is 3. The minimum Gasteiger partial charge on any atom is -0.461 e. The van der Waals surface area contributed by atoms with E-state index in [1.165, 1.54) is 6.92 Å². The number of benzene rings is 1. The van der Waals surface area contributed by atoms with Gasteiger partial charge in [0.15, 0.2) is 0 Å². The molecule has 0 bridgehead atoms. The minimum atomic E-state index is -0.398. The van der Waals surface area contributed by atoms with Crippen LogP contribution in [0.2, 0.25) is 0 Å². The molecule has 2 rings (SSSR count). The van der Waals surface area contributed by atoms with E-state index < -0.39 is 6.04 Å². The van der Waals surface area contributed by atoms with E-state index in [9.17, 15) is 4.79 Å². The SMILES string of the molecule is CC(=O)O[C@@H]1Cc2ccccc2[C@H]1N=[N+]=[N-]. The Morgan fingerprint density at radius 1 is 1.56 bits per heavy atom. The van der Waals surface area contributed by atoms with Crippen molar-refractivity contribution in [1.29, 1.82) is 0 Å². The maximum atomic E-state index is 10.9. The number of ether oxygens (including phenoxy) is 1. The topological polar surface area (TPSA) is 75.1 Å². The molecule has 1 aliphatic carbocycles. The molecule has 0 spiro atoms. The number of nitrogens with zero attached hydrogens (tertiary/aromatic N) is 3. The molecule has 82 valence electrons. The first-order valence-electron chi connectivity index (χ1n) is 5.01. The average molecular weight is 217 g/mol. The van der Waals surface area contributed by atoms with E-state index in [0.717, 1.165) is 11.1 Å². The van der Waals surface area contributed by atoms with Crippen LogP contribution in [0.1, 0.15) is 24.1 Å². The van der Waals surface area contributed by atoms with Crippen LogP contribution in [-0.4, -0.2) is 12.1 Å². The Morgan fingerprint density at radius 3 is 3.00 bits per heavy atom. The maximum absolute atomic E-state index is 10.9. The van der Waals surface area contributed by atoms with Crippen molar-refractivity contribution >= 4 is 5.97 Å². The first-order valence-corrected chi connectivity index (χ1v) is 5.01. The molecule has 0 N–H and O–H groups in total. The molecule has 0 fully saturated rings. The van der Waals surface area contributed by atoms with Crippen molar-refractivity contribution in [2.75, 3.05) is 0 Å². The van der Waals surface area contributed by atoms with Gasteiger partial charge in [0.05, 0.1) is 0 Å². The molecule has 16 heavy (non-hydrogen) atoms. The Balaban J connectivity index is 2.33. The molecule has 1 aromatic carbocycles. The second-order valence-corrected chi connectivity index (χ2v) is 3.70. The van der Waals surface area contributed by atoms with Crippen LogP contribution in [0.15, 0.2) is 29.4 Å². The van der Waals surface area contributed by atoms with Gasteiger partial charge in [-0.3, -0.25) is 4.79 Å². The standard InChI is InChI=1S/C11H11N3O2/c1-7(15)16-10-6-8-4-2-3-5-9(8)11(10)13-14-12/h2-5,10-11H,6H2,1H3/t10-,11-/m1/s1. The summed E-state index contributed by atoms with van der Waals surface area (Å²) in [5, 5.41) is 3.70. The lowest BCUT2D eigenvalue weighted by molar-refractivity contribution is -0.146. The number of esters is 1. The lowest BCUT2D eigenvalue weighted by atomic mass is 10.1. The fourth-order valence-corrected chi connectivity index (χ4v) is 2.05. The summed E-state index contributed by atoms with van der Waals surface area (Å²) in [5.74, 6) is -0.351. The Labute approximate surface area is 92.7 Å². The molecule has 1 aliphatic rings. The number of carbonyl (C=O) groups excluding carboxylic acids is 1. The monoisotopic (exact) mass is 217 g/mol. The quantitative estimate of drug-likeness (QED) is 0.330. The summed E-state index contributed by atoms with van der Waals surface area (Å²) >= 11 is 0. The van der Waals surface area contributed by atoms with Gasteiger partial charge in [0.1, 0.15) is 12.1 Å². The number of carbonyl (C=O) groups is 1. The fraction of sp³-hybridized carbons (Fsp3) is 0.364. The molecular formula is C11H11N3O2. The molecule has 0 aliphatic heterocycles. The van der Waals surface area contributed by atoms with Crippen molar-refractivity contribution in [3.05, 3.63) is 45.8 Å². The molecule has 0 radical (unpaired) electrons. The normalized spacial score (nSPS) is 22.1. The van der Waals surface area contributed by atoms with Crippen molar-refractivity contribution in [3.63, 3.8) is 0 Å². The van der Waals surface area contributed by atoms with Crippen molar-refractivity contribution in [2.45, 2.75) is 25.5 Å². The molecular weight excluding hydrogens is 206 g/mol. The van der Waals surface area contributed by atoms with E-state index in [1.54, 1.807) is 0 Å². The lowest BCUT2D eigenvalue weighted by Crippen LogP contribution is -2.19. The van der Waals surface area contributed by atoms with Crippen LogP contribution >= 0.6 is 0 Å². The largest absolute Gasteiger partial charge is 0.461 e. The Bertz CT molecular complexity index is 466. The molecule has 0 saturated carbocycles. The van der Waals surface area contributed by atoms with E-state index in [2.05, 4.69) is 10.0 Å². The van der Waals surface area contributed by atoms with E-state index in [0.29, 0.717) is 6.42 Å². The molecule has 2 atom stereocenters. The fourth-order valence-electron chi connectivity index (χ4n) is 2.05. The van der Waals surface area contributed by atoms with Gasteiger partial charge in [-0.05, 0) is 16.7 Å². The molecule has 1 aromatic rings. The van der Waals surface area contributed by atoms with E-state index in [1.807, 2.05) is 24.3 Å². The molecule has 5 nitrogen and oxygen atoms in total. The van der Waals surface area contributed by atoms with Gasteiger partial charge in [-0.15, -0.1) is 0 Å². The minimum absolute atomic E-state index is 0.351. The second-order valence-electron chi connectivity index (χ2n) is 3.70. The highest BCUT2D eigenvalue weighted by molar-refractivity contribution is 5.66. The third-order valence-corrected chi connectivity index (χ3v) is 2.64. The van der Waals surface area contributed by atoms with Crippen molar-refractivity contribution < 1.29 is 9.53 Å². The van der Waals surface area contributed by atoms with Crippen molar-refractivity contribution in [3.8, 4) is 0 Å². The highest BCUT2D eigenvalue weighted by atomic mass is 16.5. The van der Waals surface area contributed by atoms with Gasteiger partial charge < -0.3 is 4.74 Å². The van der Waals surface area contributed by atoms with E-state index in [4.69, 9.17) is 10.3 Å². The van der Waals surface area contributed by atoms with Gasteiger partial charge in [0.2, 0.25) is 0 Å². The smallest absolute Gasteiger partial charge is 0.302 e. The average Bonchev–Trinajstić information content (AvgIpc) is 2.57. The number of fused-ring (bicyclic) bond motifs is 1. The summed E-state index contributed by atoms with van der Waals surface area (Å²) in [5.41, 5.74) is 10.5. The summed E-state index contributed by atoms with van der Waals surface area (Å²) in [6.07, 6.45) is 0.241. The van der Waals surface area contributed by atoms with Gasteiger partial charge in [0, 0.05) is 18.3 Å².